The van der Waals surface area contributed by atoms with Gasteiger partial charge in [0, 0.05) is 58.1 Å². The highest BCUT2D eigenvalue weighted by atomic mass is 32.1. The monoisotopic (exact) mass is 700 g/mol. The van der Waals surface area contributed by atoms with E-state index in [0.717, 1.165) is 74.0 Å². The first-order chi connectivity index (χ1) is 25.7. The second-order valence-electron chi connectivity index (χ2n) is 12.4. The summed E-state index contributed by atoms with van der Waals surface area (Å²) in [6, 6.07) is 51.1. The van der Waals surface area contributed by atoms with E-state index < -0.39 is 0 Å². The Balaban J connectivity index is 1.16. The number of fused-ring (bicyclic) bond motifs is 6. The smallest absolute Gasteiger partial charge is 0.164 e. The Morgan fingerprint density at radius 1 is 0.423 bits per heavy atom. The minimum absolute atomic E-state index is 0.597. The number of benzene rings is 6. The van der Waals surface area contributed by atoms with Crippen LogP contribution < -0.4 is 0 Å². The summed E-state index contributed by atoms with van der Waals surface area (Å²) >= 11 is 3.41. The van der Waals surface area contributed by atoms with Crippen LogP contribution in [-0.2, 0) is 0 Å². The quantitative estimate of drug-likeness (QED) is 0.178. The summed E-state index contributed by atoms with van der Waals surface area (Å²) in [6.45, 7) is 0. The fraction of sp³-hybridized carbons (Fsp3) is 0. The van der Waals surface area contributed by atoms with Crippen molar-refractivity contribution in [1.82, 2.24) is 24.9 Å². The van der Waals surface area contributed by atoms with Gasteiger partial charge in [-0.3, -0.25) is 0 Å². The van der Waals surface area contributed by atoms with Crippen LogP contribution in [0.2, 0.25) is 0 Å². The van der Waals surface area contributed by atoms with Crippen LogP contribution in [0.3, 0.4) is 0 Å². The van der Waals surface area contributed by atoms with E-state index in [-0.39, 0.29) is 0 Å². The summed E-state index contributed by atoms with van der Waals surface area (Å²) in [5.74, 6) is 2.54. The van der Waals surface area contributed by atoms with E-state index in [9.17, 15) is 5.26 Å². The SMILES string of the molecule is N#Cc1cccc(-c2nc(-c3cccc4c3sc3cc(-c5nc(-c6ccccc6)nc(-c6ccccc6)n5)ccc34)nc3c2sc2ccccc23)c1. The lowest BCUT2D eigenvalue weighted by Crippen LogP contribution is -1.99. The van der Waals surface area contributed by atoms with Crippen molar-refractivity contribution < 1.29 is 0 Å². The molecule has 0 saturated heterocycles. The summed E-state index contributed by atoms with van der Waals surface area (Å²) in [5, 5.41) is 13.1. The molecule has 0 aliphatic carbocycles. The molecule has 242 valence electrons. The Kier molecular flexibility index (Phi) is 7.13. The maximum atomic E-state index is 9.69. The Morgan fingerprint density at radius 2 is 1.06 bits per heavy atom. The lowest BCUT2D eigenvalue weighted by atomic mass is 10.1. The maximum absolute atomic E-state index is 9.69. The molecule has 0 unspecified atom stereocenters. The first kappa shape index (κ1) is 30.2. The molecule has 0 atom stereocenters. The van der Waals surface area contributed by atoms with Gasteiger partial charge >= 0.3 is 0 Å². The van der Waals surface area contributed by atoms with Crippen LogP contribution in [0.4, 0.5) is 0 Å². The van der Waals surface area contributed by atoms with Gasteiger partial charge in [0.1, 0.15) is 0 Å². The van der Waals surface area contributed by atoms with Crippen LogP contribution >= 0.6 is 22.7 Å². The van der Waals surface area contributed by atoms with Gasteiger partial charge < -0.3 is 0 Å². The van der Waals surface area contributed by atoms with Gasteiger partial charge in [-0.2, -0.15) is 5.26 Å². The highest BCUT2D eigenvalue weighted by molar-refractivity contribution is 7.26. The molecule has 6 nitrogen and oxygen atoms in total. The first-order valence-electron chi connectivity index (χ1n) is 16.7. The topological polar surface area (TPSA) is 88.2 Å². The highest BCUT2D eigenvalue weighted by Gasteiger charge is 2.20. The van der Waals surface area contributed by atoms with Gasteiger partial charge in [-0.1, -0.05) is 115 Å². The molecule has 0 N–H and O–H groups in total. The predicted molar refractivity (Wildman–Crippen MR) is 213 cm³/mol. The number of aromatic nitrogens is 5. The molecule has 6 aromatic carbocycles. The van der Waals surface area contributed by atoms with Crippen molar-refractivity contribution in [2.45, 2.75) is 0 Å². The van der Waals surface area contributed by atoms with E-state index in [0.29, 0.717) is 28.9 Å². The van der Waals surface area contributed by atoms with Crippen LogP contribution in [0, 0.1) is 11.3 Å². The zero-order chi connectivity index (χ0) is 34.6. The number of thiophene rings is 2. The minimum atomic E-state index is 0.597. The van der Waals surface area contributed by atoms with Crippen LogP contribution in [0.1, 0.15) is 5.56 Å². The van der Waals surface area contributed by atoms with Crippen LogP contribution in [0.25, 0.3) is 97.3 Å². The molecular weight excluding hydrogens is 677 g/mol. The van der Waals surface area contributed by atoms with E-state index in [1.54, 1.807) is 22.7 Å². The van der Waals surface area contributed by atoms with E-state index in [2.05, 4.69) is 66.7 Å². The Morgan fingerprint density at radius 3 is 1.81 bits per heavy atom. The van der Waals surface area contributed by atoms with Crippen molar-refractivity contribution in [2.24, 2.45) is 0 Å². The molecule has 4 aromatic heterocycles. The molecule has 0 aliphatic heterocycles. The van der Waals surface area contributed by atoms with Crippen LogP contribution in [0.5, 0.6) is 0 Å². The summed E-state index contributed by atoms with van der Waals surface area (Å²) < 4.78 is 4.39. The largest absolute Gasteiger partial charge is 0.226 e. The summed E-state index contributed by atoms with van der Waals surface area (Å²) in [7, 11) is 0. The van der Waals surface area contributed by atoms with Crippen molar-refractivity contribution in [3.63, 3.8) is 0 Å². The average Bonchev–Trinajstić information content (AvgIpc) is 3.79. The van der Waals surface area contributed by atoms with Gasteiger partial charge in [-0.25, -0.2) is 24.9 Å². The molecule has 0 fully saturated rings. The van der Waals surface area contributed by atoms with Crippen molar-refractivity contribution in [1.29, 1.82) is 5.26 Å². The van der Waals surface area contributed by atoms with Crippen molar-refractivity contribution in [3.05, 3.63) is 151 Å². The molecule has 52 heavy (non-hydrogen) atoms. The molecule has 0 saturated carbocycles. The zero-order valence-electron chi connectivity index (χ0n) is 27.4. The van der Waals surface area contributed by atoms with E-state index in [4.69, 9.17) is 24.9 Å². The molecule has 0 radical (unpaired) electrons. The predicted octanol–water partition coefficient (Wildman–Crippen LogP) is 11.6. The van der Waals surface area contributed by atoms with Gasteiger partial charge in [0.25, 0.3) is 0 Å². The van der Waals surface area contributed by atoms with Crippen molar-refractivity contribution in [2.75, 3.05) is 0 Å². The zero-order valence-corrected chi connectivity index (χ0v) is 29.0. The third kappa shape index (κ3) is 5.11. The third-order valence-electron chi connectivity index (χ3n) is 9.18. The maximum Gasteiger partial charge on any atom is 0.164 e. The molecule has 10 aromatic rings. The third-order valence-corrected chi connectivity index (χ3v) is 11.6. The Hall–Kier alpha value is -6.66. The number of hydrogen-bond acceptors (Lipinski definition) is 8. The first-order valence-corrected chi connectivity index (χ1v) is 18.4. The number of nitrogens with zero attached hydrogens (tertiary/aromatic N) is 6. The molecule has 8 heteroatoms. The normalized spacial score (nSPS) is 11.4. The van der Waals surface area contributed by atoms with Gasteiger partial charge in [0.05, 0.1) is 27.5 Å². The number of nitriles is 1. The summed E-state index contributed by atoms with van der Waals surface area (Å²) in [6.07, 6.45) is 0. The van der Waals surface area contributed by atoms with Crippen molar-refractivity contribution >= 4 is 63.1 Å². The Bertz CT molecular complexity index is 2980. The highest BCUT2D eigenvalue weighted by Crippen LogP contribution is 2.43. The summed E-state index contributed by atoms with van der Waals surface area (Å²) in [4.78, 5) is 25.3. The number of hydrogen-bond donors (Lipinski definition) is 0. The van der Waals surface area contributed by atoms with Gasteiger partial charge in [-0.15, -0.1) is 22.7 Å². The summed E-state index contributed by atoms with van der Waals surface area (Å²) in [5.41, 5.74) is 7.00. The minimum Gasteiger partial charge on any atom is -0.226 e. The van der Waals surface area contributed by atoms with Gasteiger partial charge in [-0.05, 0) is 30.3 Å². The average molecular weight is 701 g/mol. The molecular formula is C44H24N6S2. The number of rotatable bonds is 5. The fourth-order valence-electron chi connectivity index (χ4n) is 6.69. The van der Waals surface area contributed by atoms with Crippen LogP contribution in [-0.4, -0.2) is 24.9 Å². The second-order valence-corrected chi connectivity index (χ2v) is 14.5. The lowest BCUT2D eigenvalue weighted by Gasteiger charge is -2.08. The van der Waals surface area contributed by atoms with Gasteiger partial charge in [0.2, 0.25) is 0 Å². The van der Waals surface area contributed by atoms with E-state index >= 15 is 0 Å². The van der Waals surface area contributed by atoms with Crippen molar-refractivity contribution in [3.8, 4) is 62.9 Å². The fourth-order valence-corrected chi connectivity index (χ4v) is 9.10. The second kappa shape index (κ2) is 12.3. The van der Waals surface area contributed by atoms with E-state index in [1.807, 2.05) is 84.9 Å². The molecule has 10 rings (SSSR count). The molecule has 0 spiro atoms. The van der Waals surface area contributed by atoms with E-state index in [1.165, 1.54) is 0 Å². The molecule has 0 aliphatic rings. The van der Waals surface area contributed by atoms with Gasteiger partial charge in [0.15, 0.2) is 23.3 Å². The molecule has 0 amide bonds. The Labute approximate surface area is 306 Å². The molecule has 4 heterocycles. The standard InChI is InChI=1S/C44H24N6S2/c45-25-26-11-9-16-29(23-26)37-40-38(33-17-7-8-20-35(33)51-40)47-44(46-37)34-19-10-18-32-31-22-21-30(24-36(31)52-39(32)34)43-49-41(27-12-3-1-4-13-27)48-42(50-43)28-14-5-2-6-15-28/h1-24H. The van der Waals surface area contributed by atoms with Crippen LogP contribution in [0.15, 0.2) is 146 Å². The lowest BCUT2D eigenvalue weighted by molar-refractivity contribution is 1.07. The molecule has 0 bridgehead atoms.